The van der Waals surface area contributed by atoms with Gasteiger partial charge in [-0.25, -0.2) is 4.79 Å². The molecule has 18 heavy (non-hydrogen) atoms. The van der Waals surface area contributed by atoms with Crippen molar-refractivity contribution in [1.29, 1.82) is 0 Å². The first-order valence-electron chi connectivity index (χ1n) is 6.97. The Morgan fingerprint density at radius 3 is 2.28 bits per heavy atom. The molecule has 0 spiro atoms. The van der Waals surface area contributed by atoms with Crippen LogP contribution in [0, 0.1) is 5.92 Å². The van der Waals surface area contributed by atoms with Crippen LogP contribution in [0.25, 0.3) is 0 Å². The molecule has 0 aromatic carbocycles. The molecule has 0 aromatic rings. The summed E-state index contributed by atoms with van der Waals surface area (Å²) in [5, 5.41) is 4.52. The van der Waals surface area contributed by atoms with Gasteiger partial charge in [0.1, 0.15) is 0 Å². The van der Waals surface area contributed by atoms with Crippen molar-refractivity contribution in [1.82, 2.24) is 0 Å². The van der Waals surface area contributed by atoms with E-state index < -0.39 is 5.60 Å². The van der Waals surface area contributed by atoms with Gasteiger partial charge in [0.2, 0.25) is 0 Å². The van der Waals surface area contributed by atoms with E-state index >= 15 is 0 Å². The first kappa shape index (κ1) is 17.4. The van der Waals surface area contributed by atoms with Crippen molar-refractivity contribution >= 4 is 5.97 Å². The molecule has 108 valence electrons. The van der Waals surface area contributed by atoms with Crippen molar-refractivity contribution in [3.05, 3.63) is 0 Å². The molecule has 0 aliphatic heterocycles. The van der Waals surface area contributed by atoms with Gasteiger partial charge in [-0.3, -0.25) is 4.89 Å². The van der Waals surface area contributed by atoms with Crippen LogP contribution in [-0.2, 0) is 19.6 Å². The molecule has 1 atom stereocenters. The fraction of sp³-hybridized carbons (Fsp3) is 0.929. The van der Waals surface area contributed by atoms with E-state index in [1.54, 1.807) is 0 Å². The Balaban J connectivity index is 3.81. The second-order valence-electron chi connectivity index (χ2n) is 5.62. The highest BCUT2D eigenvalue weighted by molar-refractivity contribution is 5.71. The summed E-state index contributed by atoms with van der Waals surface area (Å²) in [5.74, 6) is -0.427. The van der Waals surface area contributed by atoms with E-state index in [0.29, 0.717) is 0 Å². The van der Waals surface area contributed by atoms with Crippen LogP contribution in [0.3, 0.4) is 0 Å². The molecule has 0 amide bonds. The largest absolute Gasteiger partial charge is 0.348 e. The van der Waals surface area contributed by atoms with Crippen molar-refractivity contribution in [2.45, 2.75) is 78.7 Å². The van der Waals surface area contributed by atoms with E-state index in [-0.39, 0.29) is 11.9 Å². The van der Waals surface area contributed by atoms with Gasteiger partial charge < -0.3 is 0 Å². The molecule has 0 rings (SSSR count). The van der Waals surface area contributed by atoms with Crippen LogP contribution in [0.4, 0.5) is 0 Å². The monoisotopic (exact) mass is 260 g/mol. The predicted molar refractivity (Wildman–Crippen MR) is 70.6 cm³/mol. The van der Waals surface area contributed by atoms with Crippen LogP contribution in [-0.4, -0.2) is 11.6 Å². The molecule has 0 saturated heterocycles. The molecule has 4 heteroatoms. The quantitative estimate of drug-likeness (QED) is 0.354. The maximum absolute atomic E-state index is 11.7. The lowest BCUT2D eigenvalue weighted by Crippen LogP contribution is -2.23. The lowest BCUT2D eigenvalue weighted by molar-refractivity contribution is -0.515. The first-order valence-corrected chi connectivity index (χ1v) is 6.97. The van der Waals surface area contributed by atoms with Crippen LogP contribution < -0.4 is 0 Å². The molecular weight excluding hydrogens is 232 g/mol. The number of rotatable bonds is 9. The molecule has 0 N–H and O–H groups in total. The Bertz CT molecular complexity index is 220. The zero-order valence-corrected chi connectivity index (χ0v) is 12.5. The fourth-order valence-electron chi connectivity index (χ4n) is 1.53. The molecule has 0 bridgehead atoms. The summed E-state index contributed by atoms with van der Waals surface area (Å²) in [5.41, 5.74) is -0.483. The third-order valence-electron chi connectivity index (χ3n) is 2.63. The van der Waals surface area contributed by atoms with E-state index in [2.05, 4.69) is 16.8 Å². The lowest BCUT2D eigenvalue weighted by Gasteiger charge is -2.17. The molecule has 1 unspecified atom stereocenters. The smallest absolute Gasteiger partial charge is 0.269 e. The Labute approximate surface area is 111 Å². The summed E-state index contributed by atoms with van der Waals surface area (Å²) in [4.78, 5) is 21.3. The van der Waals surface area contributed by atoms with E-state index in [1.165, 1.54) is 19.3 Å². The SMILES string of the molecule is CCCCCCC(CC)C(=O)OOOC(C)(C)C. The highest BCUT2D eigenvalue weighted by Gasteiger charge is 2.20. The minimum atomic E-state index is -0.483. The molecular formula is C14H28O4. The van der Waals surface area contributed by atoms with Crippen LogP contribution in [0.5, 0.6) is 0 Å². The van der Waals surface area contributed by atoms with Gasteiger partial charge in [-0.15, -0.1) is 0 Å². The van der Waals surface area contributed by atoms with Gasteiger partial charge in [-0.1, -0.05) is 39.5 Å². The molecule has 0 aliphatic carbocycles. The molecule has 4 nitrogen and oxygen atoms in total. The summed E-state index contributed by atoms with van der Waals surface area (Å²) in [6.45, 7) is 9.62. The van der Waals surface area contributed by atoms with Gasteiger partial charge in [0.05, 0.1) is 11.5 Å². The Morgan fingerprint density at radius 2 is 1.78 bits per heavy atom. The lowest BCUT2D eigenvalue weighted by atomic mass is 9.98. The highest BCUT2D eigenvalue weighted by atomic mass is 17.5. The summed E-state index contributed by atoms with van der Waals surface area (Å²) in [7, 11) is 0. The summed E-state index contributed by atoms with van der Waals surface area (Å²) in [6.07, 6.45) is 6.26. The van der Waals surface area contributed by atoms with Crippen molar-refractivity contribution < 1.29 is 19.6 Å². The Morgan fingerprint density at radius 1 is 1.11 bits per heavy atom. The van der Waals surface area contributed by atoms with Crippen molar-refractivity contribution in [3.63, 3.8) is 0 Å². The summed E-state index contributed by atoms with van der Waals surface area (Å²) in [6, 6.07) is 0. The third-order valence-corrected chi connectivity index (χ3v) is 2.63. The highest BCUT2D eigenvalue weighted by Crippen LogP contribution is 2.17. The Hall–Kier alpha value is -0.610. The second-order valence-corrected chi connectivity index (χ2v) is 5.62. The van der Waals surface area contributed by atoms with E-state index in [1.807, 2.05) is 27.7 Å². The molecule has 0 fully saturated rings. The maximum atomic E-state index is 11.7. The third kappa shape index (κ3) is 9.42. The fourth-order valence-corrected chi connectivity index (χ4v) is 1.53. The number of hydrogen-bond donors (Lipinski definition) is 0. The van der Waals surface area contributed by atoms with Gasteiger partial charge >= 0.3 is 5.97 Å². The first-order chi connectivity index (χ1) is 8.40. The van der Waals surface area contributed by atoms with E-state index in [9.17, 15) is 4.79 Å². The Kier molecular flexibility index (Phi) is 9.02. The van der Waals surface area contributed by atoms with E-state index in [4.69, 9.17) is 4.89 Å². The van der Waals surface area contributed by atoms with Crippen LogP contribution in [0.2, 0.25) is 0 Å². The average Bonchev–Trinajstić information content (AvgIpc) is 2.27. The molecule has 0 saturated carbocycles. The van der Waals surface area contributed by atoms with Crippen molar-refractivity contribution in [3.8, 4) is 0 Å². The number of carbonyl (C=O) groups is 1. The van der Waals surface area contributed by atoms with Crippen LogP contribution >= 0.6 is 0 Å². The minimum Gasteiger partial charge on any atom is -0.269 e. The van der Waals surface area contributed by atoms with Gasteiger partial charge in [0, 0.05) is 0 Å². The predicted octanol–water partition coefficient (Wildman–Crippen LogP) is 4.19. The standard InChI is InChI=1S/C14H28O4/c1-6-8-9-10-11-12(7-2)13(15)16-18-17-14(3,4)5/h12H,6-11H2,1-5H3. The van der Waals surface area contributed by atoms with Gasteiger partial charge in [-0.05, 0) is 38.7 Å². The average molecular weight is 260 g/mol. The summed E-state index contributed by atoms with van der Waals surface area (Å²) < 4.78 is 0. The minimum absolute atomic E-state index is 0.0922. The molecule has 0 aromatic heterocycles. The van der Waals surface area contributed by atoms with Crippen molar-refractivity contribution in [2.75, 3.05) is 0 Å². The van der Waals surface area contributed by atoms with Crippen molar-refractivity contribution in [2.24, 2.45) is 5.92 Å². The zero-order chi connectivity index (χ0) is 14.0. The van der Waals surface area contributed by atoms with E-state index in [0.717, 1.165) is 19.3 Å². The zero-order valence-electron chi connectivity index (χ0n) is 12.5. The molecule has 0 heterocycles. The number of carbonyl (C=O) groups excluding carboxylic acids is 1. The summed E-state index contributed by atoms with van der Waals surface area (Å²) >= 11 is 0. The second kappa shape index (κ2) is 9.34. The van der Waals surface area contributed by atoms with Crippen LogP contribution in [0.15, 0.2) is 0 Å². The maximum Gasteiger partial charge on any atom is 0.348 e. The normalized spacial score (nSPS) is 13.4. The number of unbranched alkanes of at least 4 members (excludes halogenated alkanes) is 3. The number of hydrogen-bond acceptors (Lipinski definition) is 4. The van der Waals surface area contributed by atoms with Gasteiger partial charge in [-0.2, -0.15) is 4.89 Å². The topological polar surface area (TPSA) is 44.8 Å². The van der Waals surface area contributed by atoms with Crippen LogP contribution in [0.1, 0.15) is 73.1 Å². The van der Waals surface area contributed by atoms with Gasteiger partial charge in [0.15, 0.2) is 0 Å². The van der Waals surface area contributed by atoms with Gasteiger partial charge in [0.25, 0.3) is 0 Å². The molecule has 0 aliphatic rings. The molecule has 0 radical (unpaired) electrons.